The number of aromatic nitrogens is 5. The first kappa shape index (κ1) is 25.7. The number of aromatic hydroxyl groups is 1. The van der Waals surface area contributed by atoms with Crippen molar-refractivity contribution in [2.45, 2.75) is 71.5 Å². The average molecular weight is 495 g/mol. The minimum absolute atomic E-state index is 0.000306. The van der Waals surface area contributed by atoms with Crippen molar-refractivity contribution in [1.29, 1.82) is 0 Å². The Bertz CT molecular complexity index is 1190. The number of ether oxygens (including phenoxy) is 1. The van der Waals surface area contributed by atoms with Crippen molar-refractivity contribution in [1.82, 2.24) is 25.4 Å². The quantitative estimate of drug-likeness (QED) is 0.428. The summed E-state index contributed by atoms with van der Waals surface area (Å²) in [6.45, 7) is 6.00. The molecule has 36 heavy (non-hydrogen) atoms. The van der Waals surface area contributed by atoms with Crippen LogP contribution in [-0.2, 0) is 0 Å². The number of aryl methyl sites for hydroxylation is 1. The van der Waals surface area contributed by atoms with Gasteiger partial charge in [0.15, 0.2) is 11.6 Å². The predicted molar refractivity (Wildman–Crippen MR) is 138 cm³/mol. The van der Waals surface area contributed by atoms with Gasteiger partial charge in [0.2, 0.25) is 0 Å². The van der Waals surface area contributed by atoms with E-state index in [9.17, 15) is 5.11 Å². The molecule has 1 aliphatic rings. The van der Waals surface area contributed by atoms with Crippen molar-refractivity contribution < 1.29 is 14.2 Å². The Labute approximate surface area is 212 Å². The summed E-state index contributed by atoms with van der Waals surface area (Å²) in [5.41, 5.74) is 2.06. The maximum atomic E-state index is 15.8. The molecule has 1 fully saturated rings. The molecule has 1 saturated carbocycles. The largest absolute Gasteiger partial charge is 0.507 e. The number of methoxy groups -OCH3 is 1. The number of benzene rings is 1. The van der Waals surface area contributed by atoms with Crippen molar-refractivity contribution in [3.05, 3.63) is 36.2 Å². The Kier molecular flexibility index (Phi) is 7.66. The standard InChI is InChI=1S/C27H35FN6O2/c1-6-12-27(3)13-8-7-9-21(25(27)28)34(4)24-16-29-26(33-32-24)19-11-10-18(14-22(19)35)20-15-23(36-5)17(2)30-31-20/h10-11,14-16,21,25,35H,6-9,12-13H2,1-5H3/t21-,25-,27+/m0/s1. The van der Waals surface area contributed by atoms with E-state index in [-0.39, 0.29) is 23.0 Å². The van der Waals surface area contributed by atoms with Gasteiger partial charge in [-0.3, -0.25) is 0 Å². The number of nitrogens with zero attached hydrogens (tertiary/aromatic N) is 6. The van der Waals surface area contributed by atoms with Crippen LogP contribution in [0.2, 0.25) is 0 Å². The van der Waals surface area contributed by atoms with E-state index < -0.39 is 6.17 Å². The third-order valence-electron chi connectivity index (χ3n) is 7.42. The summed E-state index contributed by atoms with van der Waals surface area (Å²) >= 11 is 0. The number of phenols is 1. The van der Waals surface area contributed by atoms with Crippen LogP contribution in [0.4, 0.5) is 10.2 Å². The van der Waals surface area contributed by atoms with E-state index in [0.717, 1.165) is 38.5 Å². The molecule has 1 N–H and O–H groups in total. The topological polar surface area (TPSA) is 97.2 Å². The van der Waals surface area contributed by atoms with Gasteiger partial charge in [-0.25, -0.2) is 9.37 Å². The van der Waals surface area contributed by atoms with E-state index in [1.807, 2.05) is 24.9 Å². The Hall–Kier alpha value is -3.36. The van der Waals surface area contributed by atoms with Crippen LogP contribution in [0.3, 0.4) is 0 Å². The lowest BCUT2D eigenvalue weighted by Crippen LogP contribution is -2.46. The van der Waals surface area contributed by atoms with Crippen molar-refractivity contribution in [3.63, 3.8) is 0 Å². The van der Waals surface area contributed by atoms with Gasteiger partial charge in [0.25, 0.3) is 0 Å². The summed E-state index contributed by atoms with van der Waals surface area (Å²) < 4.78 is 21.1. The fourth-order valence-corrected chi connectivity index (χ4v) is 5.24. The molecule has 4 rings (SSSR count). The van der Waals surface area contributed by atoms with Gasteiger partial charge < -0.3 is 14.7 Å². The zero-order valence-corrected chi connectivity index (χ0v) is 21.7. The minimum Gasteiger partial charge on any atom is -0.507 e. The van der Waals surface area contributed by atoms with Crippen LogP contribution in [0.15, 0.2) is 30.5 Å². The Morgan fingerprint density at radius 3 is 2.64 bits per heavy atom. The molecule has 3 atom stereocenters. The van der Waals surface area contributed by atoms with Gasteiger partial charge in [0, 0.05) is 24.1 Å². The smallest absolute Gasteiger partial charge is 0.185 e. The zero-order chi connectivity index (χ0) is 25.9. The number of rotatable bonds is 7. The molecule has 9 heteroatoms. The third kappa shape index (κ3) is 5.10. The van der Waals surface area contributed by atoms with Crippen LogP contribution in [-0.4, -0.2) is 56.9 Å². The van der Waals surface area contributed by atoms with Gasteiger partial charge in [0.1, 0.15) is 23.4 Å². The second-order valence-corrected chi connectivity index (χ2v) is 9.99. The highest BCUT2D eigenvalue weighted by molar-refractivity contribution is 5.71. The van der Waals surface area contributed by atoms with E-state index in [1.165, 1.54) is 0 Å². The van der Waals surface area contributed by atoms with Crippen molar-refractivity contribution in [3.8, 4) is 34.1 Å². The first-order valence-corrected chi connectivity index (χ1v) is 12.6. The number of halogens is 1. The van der Waals surface area contributed by atoms with Crippen LogP contribution in [0.25, 0.3) is 22.6 Å². The molecule has 3 aromatic rings. The molecule has 0 bridgehead atoms. The van der Waals surface area contributed by atoms with Gasteiger partial charge in [-0.05, 0) is 38.3 Å². The van der Waals surface area contributed by atoms with Gasteiger partial charge in [0.05, 0.1) is 30.6 Å². The highest BCUT2D eigenvalue weighted by Crippen LogP contribution is 2.42. The Morgan fingerprint density at radius 2 is 1.97 bits per heavy atom. The predicted octanol–water partition coefficient (Wildman–Crippen LogP) is 5.54. The number of anilines is 1. The first-order valence-electron chi connectivity index (χ1n) is 12.6. The van der Waals surface area contributed by atoms with Gasteiger partial charge in [-0.1, -0.05) is 39.2 Å². The third-order valence-corrected chi connectivity index (χ3v) is 7.42. The van der Waals surface area contributed by atoms with Crippen LogP contribution in [0, 0.1) is 12.3 Å². The maximum absolute atomic E-state index is 15.8. The normalized spacial score (nSPS) is 22.2. The molecule has 0 aliphatic heterocycles. The van der Waals surface area contributed by atoms with Crippen molar-refractivity contribution in [2.75, 3.05) is 19.1 Å². The van der Waals surface area contributed by atoms with E-state index in [4.69, 9.17) is 4.74 Å². The van der Waals surface area contributed by atoms with Crippen LogP contribution in [0.5, 0.6) is 11.5 Å². The average Bonchev–Trinajstić information content (AvgIpc) is 3.02. The second kappa shape index (κ2) is 10.7. The van der Waals surface area contributed by atoms with Crippen LogP contribution in [0.1, 0.15) is 58.1 Å². The molecule has 0 spiro atoms. The summed E-state index contributed by atoms with van der Waals surface area (Å²) in [6, 6.07) is 6.62. The monoisotopic (exact) mass is 494 g/mol. The highest BCUT2D eigenvalue weighted by atomic mass is 19.1. The number of hydrogen-bond acceptors (Lipinski definition) is 8. The summed E-state index contributed by atoms with van der Waals surface area (Å²) in [4.78, 5) is 6.32. The summed E-state index contributed by atoms with van der Waals surface area (Å²) in [7, 11) is 3.44. The SMILES string of the molecule is CCC[C@]1(C)CCCC[C@H](N(C)c2cnc(-c3ccc(-c4cc(OC)c(C)nn4)cc3O)nn2)[C@@H]1F. The fraction of sp³-hybridized carbons (Fsp3) is 0.519. The molecule has 1 aromatic carbocycles. The van der Waals surface area contributed by atoms with Crippen molar-refractivity contribution >= 4 is 5.82 Å². The lowest BCUT2D eigenvalue weighted by atomic mass is 9.76. The van der Waals surface area contributed by atoms with E-state index in [2.05, 4.69) is 39.2 Å². The van der Waals surface area contributed by atoms with Gasteiger partial charge in [-0.2, -0.15) is 5.10 Å². The minimum atomic E-state index is -0.952. The molecule has 0 unspecified atom stereocenters. The van der Waals surface area contributed by atoms with Gasteiger partial charge >= 0.3 is 0 Å². The van der Waals surface area contributed by atoms with Gasteiger partial charge in [-0.15, -0.1) is 15.3 Å². The lowest BCUT2D eigenvalue weighted by molar-refractivity contribution is 0.0868. The Balaban J connectivity index is 1.55. The molecule has 1 aliphatic carbocycles. The number of hydrogen-bond donors (Lipinski definition) is 1. The molecule has 192 valence electrons. The molecular weight excluding hydrogens is 459 g/mol. The molecule has 2 heterocycles. The molecular formula is C27H35FN6O2. The molecule has 2 aromatic heterocycles. The van der Waals surface area contributed by atoms with Crippen LogP contribution < -0.4 is 9.64 Å². The zero-order valence-electron chi connectivity index (χ0n) is 21.7. The van der Waals surface area contributed by atoms with Crippen molar-refractivity contribution in [2.24, 2.45) is 5.41 Å². The maximum Gasteiger partial charge on any atom is 0.185 e. The molecule has 0 saturated heterocycles. The lowest BCUT2D eigenvalue weighted by Gasteiger charge is -2.39. The molecule has 8 nitrogen and oxygen atoms in total. The van der Waals surface area contributed by atoms with E-state index in [1.54, 1.807) is 31.5 Å². The van der Waals surface area contributed by atoms with Crippen LogP contribution >= 0.6 is 0 Å². The number of phenolic OH excluding ortho intramolecular Hbond substituents is 1. The molecule has 0 amide bonds. The van der Waals surface area contributed by atoms with E-state index >= 15 is 4.39 Å². The Morgan fingerprint density at radius 1 is 1.17 bits per heavy atom. The fourth-order valence-electron chi connectivity index (χ4n) is 5.24. The second-order valence-electron chi connectivity index (χ2n) is 9.99. The molecule has 0 radical (unpaired) electrons. The van der Waals surface area contributed by atoms with E-state index in [0.29, 0.717) is 34.1 Å². The summed E-state index contributed by atoms with van der Waals surface area (Å²) in [6.07, 6.45) is 6.20. The summed E-state index contributed by atoms with van der Waals surface area (Å²) in [5, 5.41) is 27.6. The highest BCUT2D eigenvalue weighted by Gasteiger charge is 2.42. The number of alkyl halides is 1. The summed E-state index contributed by atoms with van der Waals surface area (Å²) in [5.74, 6) is 1.43. The first-order chi connectivity index (χ1) is 17.3.